The Morgan fingerprint density at radius 2 is 1.88 bits per heavy atom. The van der Waals surface area contributed by atoms with Gasteiger partial charge in [-0.3, -0.25) is 14.5 Å². The standard InChI is InChI=1S/C23H20N2O7S/c1-13(21(27)30-2)25-20(26)19(33-23(25)29)10-14-11-24(17-7-5-4-6-16(14)17)12-15-8-9-18(32-15)22(28)31-3/h4-11,13H,12H2,1-3H3/b19-10+/t13-/m0/s1. The molecule has 33 heavy (non-hydrogen) atoms. The minimum Gasteiger partial charge on any atom is -0.467 e. The fourth-order valence-electron chi connectivity index (χ4n) is 3.59. The van der Waals surface area contributed by atoms with Crippen molar-refractivity contribution in [2.75, 3.05) is 14.2 Å². The topological polar surface area (TPSA) is 108 Å². The number of imide groups is 1. The summed E-state index contributed by atoms with van der Waals surface area (Å²) in [7, 11) is 2.49. The Morgan fingerprint density at radius 1 is 1.12 bits per heavy atom. The molecule has 0 aliphatic carbocycles. The smallest absolute Gasteiger partial charge is 0.373 e. The maximum absolute atomic E-state index is 12.9. The van der Waals surface area contributed by atoms with E-state index >= 15 is 0 Å². The molecule has 1 saturated heterocycles. The van der Waals surface area contributed by atoms with Gasteiger partial charge in [-0.15, -0.1) is 0 Å². The van der Waals surface area contributed by atoms with Gasteiger partial charge in [0.15, 0.2) is 0 Å². The summed E-state index contributed by atoms with van der Waals surface area (Å²) >= 11 is 0.775. The molecule has 1 fully saturated rings. The number of ether oxygens (including phenoxy) is 2. The quantitative estimate of drug-likeness (QED) is 0.398. The molecule has 3 heterocycles. The fourth-order valence-corrected chi connectivity index (χ4v) is 4.49. The summed E-state index contributed by atoms with van der Waals surface area (Å²) in [5.74, 6) is -1.11. The number of hydrogen-bond donors (Lipinski definition) is 0. The molecule has 0 spiro atoms. The van der Waals surface area contributed by atoms with Gasteiger partial charge in [-0.2, -0.15) is 0 Å². The molecule has 1 aliphatic rings. The Balaban J connectivity index is 1.67. The van der Waals surface area contributed by atoms with Gasteiger partial charge in [-0.05, 0) is 43.0 Å². The van der Waals surface area contributed by atoms with E-state index in [0.717, 1.165) is 33.1 Å². The number of fused-ring (bicyclic) bond motifs is 1. The molecule has 170 valence electrons. The van der Waals surface area contributed by atoms with Crippen molar-refractivity contribution in [3.8, 4) is 0 Å². The minimum atomic E-state index is -1.02. The van der Waals surface area contributed by atoms with Gasteiger partial charge < -0.3 is 18.5 Å². The van der Waals surface area contributed by atoms with Crippen LogP contribution in [0.2, 0.25) is 0 Å². The molecule has 1 aromatic carbocycles. The summed E-state index contributed by atoms with van der Waals surface area (Å²) < 4.78 is 16.8. The molecule has 4 rings (SSSR count). The van der Waals surface area contributed by atoms with E-state index in [1.807, 2.05) is 35.0 Å². The number of esters is 2. The average molecular weight is 468 g/mol. The number of rotatable bonds is 6. The summed E-state index contributed by atoms with van der Waals surface area (Å²) in [4.78, 5) is 49.9. The van der Waals surface area contributed by atoms with Crippen LogP contribution in [0.15, 0.2) is 51.9 Å². The number of methoxy groups -OCH3 is 2. The summed E-state index contributed by atoms with van der Waals surface area (Å²) in [6.07, 6.45) is 3.47. The second-order valence-electron chi connectivity index (χ2n) is 7.24. The lowest BCUT2D eigenvalue weighted by Crippen LogP contribution is -2.42. The number of hydrogen-bond acceptors (Lipinski definition) is 8. The van der Waals surface area contributed by atoms with Crippen molar-refractivity contribution >= 4 is 51.8 Å². The second kappa shape index (κ2) is 8.99. The number of benzene rings is 1. The van der Waals surface area contributed by atoms with Gasteiger partial charge in [0.25, 0.3) is 11.1 Å². The summed E-state index contributed by atoms with van der Waals surface area (Å²) in [5, 5.41) is 0.337. The second-order valence-corrected chi connectivity index (χ2v) is 8.23. The highest BCUT2D eigenvalue weighted by molar-refractivity contribution is 8.18. The van der Waals surface area contributed by atoms with Gasteiger partial charge in [-0.25, -0.2) is 9.59 Å². The van der Waals surface area contributed by atoms with Crippen LogP contribution in [0.25, 0.3) is 17.0 Å². The van der Waals surface area contributed by atoms with Gasteiger partial charge >= 0.3 is 11.9 Å². The maximum Gasteiger partial charge on any atom is 0.373 e. The van der Waals surface area contributed by atoms with Gasteiger partial charge in [0, 0.05) is 22.7 Å². The molecule has 1 aliphatic heterocycles. The molecule has 2 aromatic heterocycles. The third kappa shape index (κ3) is 4.17. The number of carbonyl (C=O) groups is 4. The zero-order chi connectivity index (χ0) is 23.7. The first-order valence-corrected chi connectivity index (χ1v) is 10.8. The van der Waals surface area contributed by atoms with Crippen LogP contribution in [-0.4, -0.2) is 52.8 Å². The summed E-state index contributed by atoms with van der Waals surface area (Å²) in [6, 6.07) is 9.81. The largest absolute Gasteiger partial charge is 0.467 e. The highest BCUT2D eigenvalue weighted by atomic mass is 32.2. The van der Waals surface area contributed by atoms with Gasteiger partial charge in [0.05, 0.1) is 25.7 Å². The van der Waals surface area contributed by atoms with Gasteiger partial charge in [0.2, 0.25) is 5.76 Å². The molecule has 0 N–H and O–H groups in total. The Kier molecular flexibility index (Phi) is 6.10. The zero-order valence-electron chi connectivity index (χ0n) is 18.1. The lowest BCUT2D eigenvalue weighted by molar-refractivity contribution is -0.148. The molecule has 10 heteroatoms. The highest BCUT2D eigenvalue weighted by Crippen LogP contribution is 2.35. The number of thioether (sulfide) groups is 1. The van der Waals surface area contributed by atoms with Crippen LogP contribution >= 0.6 is 11.8 Å². The molecule has 3 aromatic rings. The Hall–Kier alpha value is -3.79. The van der Waals surface area contributed by atoms with Gasteiger partial charge in [0.1, 0.15) is 11.8 Å². The van der Waals surface area contributed by atoms with E-state index in [9.17, 15) is 19.2 Å². The van der Waals surface area contributed by atoms with Crippen molar-refractivity contribution in [1.82, 2.24) is 9.47 Å². The molecule has 0 unspecified atom stereocenters. The molecule has 1 atom stereocenters. The van der Waals surface area contributed by atoms with E-state index in [-0.39, 0.29) is 10.7 Å². The summed E-state index contributed by atoms with van der Waals surface area (Å²) in [6.45, 7) is 1.79. The number of amides is 2. The molecular weight excluding hydrogens is 448 g/mol. The monoisotopic (exact) mass is 468 g/mol. The van der Waals surface area contributed by atoms with Crippen molar-refractivity contribution in [3.63, 3.8) is 0 Å². The number of para-hydroxylation sites is 1. The first kappa shape index (κ1) is 22.4. The normalized spacial score (nSPS) is 16.0. The van der Waals surface area contributed by atoms with E-state index in [4.69, 9.17) is 4.42 Å². The number of furan rings is 1. The molecular formula is C23H20N2O7S. The molecule has 9 nitrogen and oxygen atoms in total. The number of aromatic nitrogens is 1. The van der Waals surface area contributed by atoms with Crippen LogP contribution in [0.1, 0.15) is 28.8 Å². The zero-order valence-corrected chi connectivity index (χ0v) is 18.9. The Bertz CT molecular complexity index is 1300. The lowest BCUT2D eigenvalue weighted by atomic mass is 10.1. The van der Waals surface area contributed by atoms with Crippen LogP contribution in [0.5, 0.6) is 0 Å². The predicted octanol–water partition coefficient (Wildman–Crippen LogP) is 3.67. The number of nitrogens with zero attached hydrogens (tertiary/aromatic N) is 2. The van der Waals surface area contributed by atoms with Crippen molar-refractivity contribution in [2.24, 2.45) is 0 Å². The van der Waals surface area contributed by atoms with E-state index in [0.29, 0.717) is 12.3 Å². The van der Waals surface area contributed by atoms with Crippen LogP contribution in [0.3, 0.4) is 0 Å². The van der Waals surface area contributed by atoms with Crippen LogP contribution < -0.4 is 0 Å². The SMILES string of the molecule is COC(=O)c1ccc(Cn2cc(/C=C3/SC(=O)N([C@@H](C)C(=O)OC)C3=O)c3ccccc32)o1. The number of carbonyl (C=O) groups excluding carboxylic acids is 4. The third-order valence-electron chi connectivity index (χ3n) is 5.23. The van der Waals surface area contributed by atoms with Crippen molar-refractivity contribution in [3.05, 3.63) is 64.6 Å². The highest BCUT2D eigenvalue weighted by Gasteiger charge is 2.41. The van der Waals surface area contributed by atoms with E-state index in [1.165, 1.54) is 21.1 Å². The average Bonchev–Trinajstić information content (AvgIpc) is 3.50. The first-order valence-electron chi connectivity index (χ1n) is 9.93. The predicted molar refractivity (Wildman–Crippen MR) is 120 cm³/mol. The van der Waals surface area contributed by atoms with Crippen molar-refractivity contribution in [2.45, 2.75) is 19.5 Å². The first-order chi connectivity index (χ1) is 15.8. The minimum absolute atomic E-state index is 0.109. The van der Waals surface area contributed by atoms with Crippen LogP contribution in [0.4, 0.5) is 4.79 Å². The van der Waals surface area contributed by atoms with Crippen LogP contribution in [-0.2, 0) is 25.6 Å². The van der Waals surface area contributed by atoms with Gasteiger partial charge in [-0.1, -0.05) is 18.2 Å². The molecule has 0 saturated carbocycles. The Morgan fingerprint density at radius 3 is 2.61 bits per heavy atom. The molecule has 0 bridgehead atoms. The van der Waals surface area contributed by atoms with Crippen molar-refractivity contribution in [1.29, 1.82) is 0 Å². The molecule has 2 amide bonds. The van der Waals surface area contributed by atoms with E-state index < -0.39 is 29.1 Å². The Labute approximate surface area is 192 Å². The maximum atomic E-state index is 12.9. The molecule has 0 radical (unpaired) electrons. The van der Waals surface area contributed by atoms with E-state index in [2.05, 4.69) is 9.47 Å². The summed E-state index contributed by atoms with van der Waals surface area (Å²) in [5.41, 5.74) is 1.60. The fraction of sp³-hybridized carbons (Fsp3) is 0.217. The lowest BCUT2D eigenvalue weighted by Gasteiger charge is -2.18. The van der Waals surface area contributed by atoms with E-state index in [1.54, 1.807) is 18.2 Å². The third-order valence-corrected chi connectivity index (χ3v) is 6.12. The van der Waals surface area contributed by atoms with Crippen LogP contribution in [0, 0.1) is 0 Å². The van der Waals surface area contributed by atoms with Crippen molar-refractivity contribution < 1.29 is 33.1 Å².